The molecule has 0 aliphatic rings. The van der Waals surface area contributed by atoms with Crippen LogP contribution in [-0.4, -0.2) is 19.0 Å². The minimum atomic E-state index is -1.61. The van der Waals surface area contributed by atoms with Crippen LogP contribution in [0.4, 0.5) is 18.9 Å². The molecule has 3 nitrogen and oxygen atoms in total. The molecular formula is C17H17ClF3N2O+. The van der Waals surface area contributed by atoms with Crippen molar-refractivity contribution in [2.24, 2.45) is 0 Å². The van der Waals surface area contributed by atoms with Crippen LogP contribution in [0.25, 0.3) is 0 Å². The smallest absolute Gasteiger partial charge is 0.282 e. The predicted molar refractivity (Wildman–Crippen MR) is 86.5 cm³/mol. The number of hydrogen-bond donors (Lipinski definition) is 2. The quantitative estimate of drug-likeness (QED) is 0.793. The van der Waals surface area contributed by atoms with E-state index in [-0.39, 0.29) is 5.69 Å². The van der Waals surface area contributed by atoms with Gasteiger partial charge in [-0.3, -0.25) is 4.79 Å². The molecule has 7 heteroatoms. The standard InChI is InChI=1S/C17H16ClF3N2O/c1-10(23(2)9-11-3-5-12(18)6-4-11)17(24)22-14-8-7-13(19)15(20)16(14)21/h3-8,10H,9H2,1-2H3,(H,22,24)/p+1/t10-/m1/s1. The Hall–Kier alpha value is -2.05. The fraction of sp³-hybridized carbons (Fsp3) is 0.235. The van der Waals surface area contributed by atoms with Crippen LogP contribution < -0.4 is 10.2 Å². The molecule has 0 radical (unpaired) electrons. The summed E-state index contributed by atoms with van der Waals surface area (Å²) in [6, 6.07) is 8.44. The maximum atomic E-state index is 13.6. The number of rotatable bonds is 5. The van der Waals surface area contributed by atoms with Gasteiger partial charge in [0.2, 0.25) is 0 Å². The van der Waals surface area contributed by atoms with Gasteiger partial charge in [-0.15, -0.1) is 0 Å². The number of carbonyl (C=O) groups excluding carboxylic acids is 1. The molecule has 0 saturated carbocycles. The van der Waals surface area contributed by atoms with E-state index in [4.69, 9.17) is 11.6 Å². The van der Waals surface area contributed by atoms with Crippen LogP contribution in [0.5, 0.6) is 0 Å². The van der Waals surface area contributed by atoms with Gasteiger partial charge >= 0.3 is 0 Å². The number of likely N-dealkylation sites (N-methyl/N-ethyl adjacent to an activating group) is 1. The molecule has 24 heavy (non-hydrogen) atoms. The van der Waals surface area contributed by atoms with E-state index >= 15 is 0 Å². The molecule has 128 valence electrons. The van der Waals surface area contributed by atoms with Gasteiger partial charge in [-0.2, -0.15) is 0 Å². The number of nitrogens with one attached hydrogen (secondary N) is 2. The Kier molecular flexibility index (Phi) is 5.85. The summed E-state index contributed by atoms with van der Waals surface area (Å²) in [7, 11) is 1.81. The third-order valence-electron chi connectivity index (χ3n) is 3.82. The molecule has 0 bridgehead atoms. The van der Waals surface area contributed by atoms with Crippen LogP contribution in [0.3, 0.4) is 0 Å². The molecule has 0 aliphatic carbocycles. The average Bonchev–Trinajstić information content (AvgIpc) is 2.56. The molecule has 1 amide bonds. The van der Waals surface area contributed by atoms with Crippen LogP contribution in [0, 0.1) is 17.5 Å². The van der Waals surface area contributed by atoms with Gasteiger partial charge in [0, 0.05) is 10.6 Å². The van der Waals surface area contributed by atoms with Crippen LogP contribution >= 0.6 is 11.6 Å². The summed E-state index contributed by atoms with van der Waals surface area (Å²) in [5.41, 5.74) is 0.598. The normalized spacial score (nSPS) is 13.4. The summed E-state index contributed by atoms with van der Waals surface area (Å²) in [6.07, 6.45) is 0. The predicted octanol–water partition coefficient (Wildman–Crippen LogP) is 2.80. The Balaban J connectivity index is 2.03. The van der Waals surface area contributed by atoms with Gasteiger partial charge in [-0.1, -0.05) is 23.7 Å². The van der Waals surface area contributed by atoms with Gasteiger partial charge in [0.15, 0.2) is 23.5 Å². The van der Waals surface area contributed by atoms with Crippen molar-refractivity contribution in [3.63, 3.8) is 0 Å². The van der Waals surface area contributed by atoms with Crippen LogP contribution in [0.1, 0.15) is 12.5 Å². The first-order chi connectivity index (χ1) is 11.3. The topological polar surface area (TPSA) is 33.5 Å². The van der Waals surface area contributed by atoms with Gasteiger partial charge in [0.1, 0.15) is 6.54 Å². The zero-order valence-electron chi connectivity index (χ0n) is 13.2. The van der Waals surface area contributed by atoms with Gasteiger partial charge in [-0.05, 0) is 31.2 Å². The van der Waals surface area contributed by atoms with Crippen molar-refractivity contribution in [3.8, 4) is 0 Å². The lowest BCUT2D eigenvalue weighted by molar-refractivity contribution is -0.907. The number of amides is 1. The largest absolute Gasteiger partial charge is 0.324 e. The van der Waals surface area contributed by atoms with E-state index in [0.717, 1.165) is 22.6 Å². The lowest BCUT2D eigenvalue weighted by atomic mass is 10.2. The second-order valence-corrected chi connectivity index (χ2v) is 6.02. The zero-order valence-corrected chi connectivity index (χ0v) is 13.9. The Morgan fingerprint density at radius 1 is 1.12 bits per heavy atom. The highest BCUT2D eigenvalue weighted by Gasteiger charge is 2.24. The first-order valence-corrected chi connectivity index (χ1v) is 7.68. The molecule has 0 spiro atoms. The van der Waals surface area contributed by atoms with Crippen molar-refractivity contribution in [2.45, 2.75) is 19.5 Å². The molecule has 0 aromatic heterocycles. The fourth-order valence-electron chi connectivity index (χ4n) is 2.16. The van der Waals surface area contributed by atoms with Gasteiger partial charge < -0.3 is 10.2 Å². The minimum Gasteiger partial charge on any atom is -0.324 e. The second-order valence-electron chi connectivity index (χ2n) is 5.58. The van der Waals surface area contributed by atoms with Crippen molar-refractivity contribution in [2.75, 3.05) is 12.4 Å². The van der Waals surface area contributed by atoms with Gasteiger partial charge in [-0.25, -0.2) is 13.2 Å². The summed E-state index contributed by atoms with van der Waals surface area (Å²) in [4.78, 5) is 13.1. The zero-order chi connectivity index (χ0) is 17.9. The fourth-order valence-corrected chi connectivity index (χ4v) is 2.29. The molecular weight excluding hydrogens is 341 g/mol. The molecule has 0 heterocycles. The Labute approximate surface area is 143 Å². The Bertz CT molecular complexity index is 737. The van der Waals surface area contributed by atoms with E-state index in [2.05, 4.69) is 5.32 Å². The number of carbonyl (C=O) groups is 1. The third kappa shape index (κ3) is 4.27. The monoisotopic (exact) mass is 357 g/mol. The van der Waals surface area contributed by atoms with E-state index in [1.807, 2.05) is 12.1 Å². The molecule has 2 aromatic carbocycles. The molecule has 2 atom stereocenters. The SMILES string of the molecule is C[C@H](C(=O)Nc1ccc(F)c(F)c1F)[NH+](C)Cc1ccc(Cl)cc1. The lowest BCUT2D eigenvalue weighted by Crippen LogP contribution is -3.12. The van der Waals surface area contributed by atoms with E-state index in [1.165, 1.54) is 0 Å². The van der Waals surface area contributed by atoms with E-state index in [1.54, 1.807) is 26.1 Å². The summed E-state index contributed by atoms with van der Waals surface area (Å²) < 4.78 is 39.7. The van der Waals surface area contributed by atoms with E-state index < -0.39 is 29.4 Å². The maximum absolute atomic E-state index is 13.6. The number of anilines is 1. The maximum Gasteiger partial charge on any atom is 0.282 e. The number of halogens is 4. The highest BCUT2D eigenvalue weighted by molar-refractivity contribution is 6.30. The van der Waals surface area contributed by atoms with Gasteiger partial charge in [0.05, 0.1) is 12.7 Å². The number of benzene rings is 2. The van der Waals surface area contributed by atoms with Crippen LogP contribution in [0.2, 0.25) is 5.02 Å². The molecule has 0 fully saturated rings. The molecule has 1 unspecified atom stereocenters. The molecule has 2 rings (SSSR count). The first-order valence-electron chi connectivity index (χ1n) is 7.30. The van der Waals surface area contributed by atoms with Crippen LogP contribution in [-0.2, 0) is 11.3 Å². The minimum absolute atomic E-state index is 0.384. The van der Waals surface area contributed by atoms with E-state index in [0.29, 0.717) is 11.6 Å². The first kappa shape index (κ1) is 18.3. The van der Waals surface area contributed by atoms with Crippen molar-refractivity contribution in [1.29, 1.82) is 0 Å². The highest BCUT2D eigenvalue weighted by Crippen LogP contribution is 2.19. The molecule has 0 saturated heterocycles. The summed E-state index contributed by atoms with van der Waals surface area (Å²) in [5, 5.41) is 2.91. The summed E-state index contributed by atoms with van der Waals surface area (Å²) >= 11 is 5.83. The Morgan fingerprint density at radius 2 is 1.75 bits per heavy atom. The van der Waals surface area contributed by atoms with Crippen molar-refractivity contribution < 1.29 is 22.9 Å². The van der Waals surface area contributed by atoms with Crippen LogP contribution in [0.15, 0.2) is 36.4 Å². The van der Waals surface area contributed by atoms with Gasteiger partial charge in [0.25, 0.3) is 5.91 Å². The Morgan fingerprint density at radius 3 is 2.38 bits per heavy atom. The molecule has 2 N–H and O–H groups in total. The van der Waals surface area contributed by atoms with E-state index in [9.17, 15) is 18.0 Å². The lowest BCUT2D eigenvalue weighted by Gasteiger charge is -2.21. The number of quaternary nitrogens is 1. The molecule has 2 aromatic rings. The average molecular weight is 358 g/mol. The summed E-state index contributed by atoms with van der Waals surface area (Å²) in [6.45, 7) is 2.21. The third-order valence-corrected chi connectivity index (χ3v) is 4.07. The van der Waals surface area contributed by atoms with Crippen molar-refractivity contribution >= 4 is 23.2 Å². The van der Waals surface area contributed by atoms with Crippen molar-refractivity contribution in [1.82, 2.24) is 0 Å². The molecule has 0 aliphatic heterocycles. The second kappa shape index (κ2) is 7.68. The summed E-state index contributed by atoms with van der Waals surface area (Å²) in [5.74, 6) is -4.82. The number of hydrogen-bond acceptors (Lipinski definition) is 1. The van der Waals surface area contributed by atoms with Crippen molar-refractivity contribution in [3.05, 3.63) is 64.4 Å². The highest BCUT2D eigenvalue weighted by atomic mass is 35.5.